The summed E-state index contributed by atoms with van der Waals surface area (Å²) in [6.07, 6.45) is 5.23. The average molecular weight is 324 g/mol. The zero-order valence-corrected chi connectivity index (χ0v) is 13.5. The van der Waals surface area contributed by atoms with E-state index in [2.05, 4.69) is 15.0 Å². The van der Waals surface area contributed by atoms with Crippen LogP contribution in [0.4, 0.5) is 5.69 Å². The molecule has 0 spiro atoms. The Morgan fingerprint density at radius 3 is 1.88 bits per heavy atom. The summed E-state index contributed by atoms with van der Waals surface area (Å²) in [5.41, 5.74) is 12.2. The van der Waals surface area contributed by atoms with E-state index in [1.54, 1.807) is 18.6 Å². The molecule has 0 saturated heterocycles. The standard InChI is InChI=1S/C21H16N4/c22-16-14-25-21(18-11-5-7-13-24-18)20(17-10-4-6-12-23-17)19(16)15-8-2-1-3-9-15/h1-14H,22H2. The Morgan fingerprint density at radius 2 is 1.24 bits per heavy atom. The van der Waals surface area contributed by atoms with Crippen LogP contribution in [0.5, 0.6) is 0 Å². The maximum absolute atomic E-state index is 6.33. The van der Waals surface area contributed by atoms with Gasteiger partial charge in [-0.2, -0.15) is 0 Å². The summed E-state index contributed by atoms with van der Waals surface area (Å²) in [7, 11) is 0. The summed E-state index contributed by atoms with van der Waals surface area (Å²) >= 11 is 0. The van der Waals surface area contributed by atoms with Crippen LogP contribution >= 0.6 is 0 Å². The Morgan fingerprint density at radius 1 is 0.600 bits per heavy atom. The van der Waals surface area contributed by atoms with Crippen LogP contribution in [0, 0.1) is 0 Å². The van der Waals surface area contributed by atoms with Crippen molar-refractivity contribution in [3.63, 3.8) is 0 Å². The predicted molar refractivity (Wildman–Crippen MR) is 101 cm³/mol. The van der Waals surface area contributed by atoms with E-state index in [4.69, 9.17) is 5.73 Å². The molecule has 3 aromatic heterocycles. The summed E-state index contributed by atoms with van der Waals surface area (Å²) in [5.74, 6) is 0. The molecule has 4 nitrogen and oxygen atoms in total. The molecule has 4 heteroatoms. The number of anilines is 1. The van der Waals surface area contributed by atoms with Gasteiger partial charge in [0, 0.05) is 23.5 Å². The summed E-state index contributed by atoms with van der Waals surface area (Å²) in [6.45, 7) is 0. The SMILES string of the molecule is Nc1cnc(-c2ccccn2)c(-c2ccccn2)c1-c1ccccc1. The minimum Gasteiger partial charge on any atom is -0.397 e. The molecule has 4 aromatic rings. The van der Waals surface area contributed by atoms with Crippen molar-refractivity contribution >= 4 is 5.69 Å². The van der Waals surface area contributed by atoms with E-state index in [-0.39, 0.29) is 0 Å². The maximum Gasteiger partial charge on any atom is 0.0988 e. The minimum atomic E-state index is 0.617. The van der Waals surface area contributed by atoms with E-state index in [1.807, 2.05) is 66.7 Å². The average Bonchev–Trinajstić information content (AvgIpc) is 2.70. The van der Waals surface area contributed by atoms with Gasteiger partial charge in [0.25, 0.3) is 0 Å². The lowest BCUT2D eigenvalue weighted by Crippen LogP contribution is -2.00. The Kier molecular flexibility index (Phi) is 3.92. The van der Waals surface area contributed by atoms with Gasteiger partial charge < -0.3 is 5.73 Å². The van der Waals surface area contributed by atoms with E-state index >= 15 is 0 Å². The van der Waals surface area contributed by atoms with E-state index in [0.29, 0.717) is 5.69 Å². The molecule has 0 bridgehead atoms. The van der Waals surface area contributed by atoms with E-state index in [0.717, 1.165) is 33.8 Å². The smallest absolute Gasteiger partial charge is 0.0988 e. The highest BCUT2D eigenvalue weighted by Crippen LogP contribution is 2.40. The molecule has 0 amide bonds. The first-order valence-electron chi connectivity index (χ1n) is 8.01. The number of nitrogens with zero attached hydrogens (tertiary/aromatic N) is 3. The van der Waals surface area contributed by atoms with Gasteiger partial charge in [0.2, 0.25) is 0 Å². The third-order valence-electron chi connectivity index (χ3n) is 4.00. The van der Waals surface area contributed by atoms with Crippen molar-refractivity contribution in [2.75, 3.05) is 5.73 Å². The van der Waals surface area contributed by atoms with Crippen LogP contribution < -0.4 is 5.73 Å². The first-order chi connectivity index (χ1) is 12.3. The zero-order chi connectivity index (χ0) is 17.1. The number of benzene rings is 1. The van der Waals surface area contributed by atoms with Gasteiger partial charge in [-0.25, -0.2) is 0 Å². The van der Waals surface area contributed by atoms with Crippen molar-refractivity contribution in [2.24, 2.45) is 0 Å². The molecular weight excluding hydrogens is 308 g/mol. The second-order valence-electron chi connectivity index (χ2n) is 5.61. The Bertz CT molecular complexity index is 984. The van der Waals surface area contributed by atoms with Gasteiger partial charge in [0.1, 0.15) is 0 Å². The summed E-state index contributed by atoms with van der Waals surface area (Å²) in [5, 5.41) is 0. The van der Waals surface area contributed by atoms with Crippen molar-refractivity contribution in [2.45, 2.75) is 0 Å². The highest BCUT2D eigenvalue weighted by atomic mass is 14.8. The normalized spacial score (nSPS) is 10.6. The van der Waals surface area contributed by atoms with Gasteiger partial charge >= 0.3 is 0 Å². The second-order valence-corrected chi connectivity index (χ2v) is 5.61. The quantitative estimate of drug-likeness (QED) is 0.604. The molecule has 0 fully saturated rings. The largest absolute Gasteiger partial charge is 0.397 e. The molecule has 25 heavy (non-hydrogen) atoms. The third kappa shape index (κ3) is 2.85. The monoisotopic (exact) mass is 324 g/mol. The van der Waals surface area contributed by atoms with Crippen LogP contribution in [0.25, 0.3) is 33.8 Å². The molecule has 0 atom stereocenters. The molecule has 3 heterocycles. The lowest BCUT2D eigenvalue weighted by atomic mass is 9.94. The molecule has 0 unspecified atom stereocenters. The number of nitrogens with two attached hydrogens (primary N) is 1. The molecule has 4 rings (SSSR count). The molecule has 1 aromatic carbocycles. The topological polar surface area (TPSA) is 64.7 Å². The van der Waals surface area contributed by atoms with Gasteiger partial charge in [-0.3, -0.25) is 15.0 Å². The van der Waals surface area contributed by atoms with Crippen LogP contribution in [0.2, 0.25) is 0 Å². The number of aromatic nitrogens is 3. The van der Waals surface area contributed by atoms with Gasteiger partial charge in [0.15, 0.2) is 0 Å². The number of hydrogen-bond donors (Lipinski definition) is 1. The molecule has 0 saturated carbocycles. The maximum atomic E-state index is 6.33. The molecular formula is C21H16N4. The molecule has 0 radical (unpaired) electrons. The van der Waals surface area contributed by atoms with E-state index in [1.165, 1.54) is 0 Å². The van der Waals surface area contributed by atoms with Gasteiger partial charge in [-0.1, -0.05) is 42.5 Å². The molecule has 2 N–H and O–H groups in total. The van der Waals surface area contributed by atoms with Crippen LogP contribution in [-0.2, 0) is 0 Å². The van der Waals surface area contributed by atoms with Crippen molar-refractivity contribution in [3.05, 3.63) is 85.3 Å². The minimum absolute atomic E-state index is 0.617. The van der Waals surface area contributed by atoms with E-state index in [9.17, 15) is 0 Å². The molecule has 120 valence electrons. The van der Waals surface area contributed by atoms with E-state index < -0.39 is 0 Å². The first kappa shape index (κ1) is 15.0. The molecule has 0 aliphatic carbocycles. The molecule has 0 aliphatic rings. The zero-order valence-electron chi connectivity index (χ0n) is 13.5. The lowest BCUT2D eigenvalue weighted by Gasteiger charge is -2.16. The summed E-state index contributed by atoms with van der Waals surface area (Å²) < 4.78 is 0. The van der Waals surface area contributed by atoms with Gasteiger partial charge in [-0.15, -0.1) is 0 Å². The van der Waals surface area contributed by atoms with Gasteiger partial charge in [0.05, 0.1) is 29.0 Å². The fraction of sp³-hybridized carbons (Fsp3) is 0. The van der Waals surface area contributed by atoms with Gasteiger partial charge in [-0.05, 0) is 29.8 Å². The summed E-state index contributed by atoms with van der Waals surface area (Å²) in [6, 6.07) is 21.7. The number of pyridine rings is 3. The highest BCUT2D eigenvalue weighted by molar-refractivity contribution is 5.96. The Hall–Kier alpha value is -3.53. The van der Waals surface area contributed by atoms with Crippen molar-refractivity contribution in [1.82, 2.24) is 15.0 Å². The van der Waals surface area contributed by atoms with Crippen LogP contribution in [-0.4, -0.2) is 15.0 Å². The molecule has 0 aliphatic heterocycles. The first-order valence-corrected chi connectivity index (χ1v) is 8.01. The Balaban J connectivity index is 2.08. The van der Waals surface area contributed by atoms with Crippen LogP contribution in [0.3, 0.4) is 0 Å². The third-order valence-corrected chi connectivity index (χ3v) is 4.00. The van der Waals surface area contributed by atoms with Crippen molar-refractivity contribution < 1.29 is 0 Å². The van der Waals surface area contributed by atoms with Crippen molar-refractivity contribution in [3.8, 4) is 33.8 Å². The van der Waals surface area contributed by atoms with Crippen LogP contribution in [0.15, 0.2) is 85.3 Å². The van der Waals surface area contributed by atoms with Crippen molar-refractivity contribution in [1.29, 1.82) is 0 Å². The number of nitrogen functional groups attached to an aromatic ring is 1. The fourth-order valence-corrected chi connectivity index (χ4v) is 2.90. The van der Waals surface area contributed by atoms with Crippen LogP contribution in [0.1, 0.15) is 0 Å². The summed E-state index contributed by atoms with van der Waals surface area (Å²) in [4.78, 5) is 13.6. The number of hydrogen-bond acceptors (Lipinski definition) is 4. The lowest BCUT2D eigenvalue weighted by molar-refractivity contribution is 1.23. The predicted octanol–water partition coefficient (Wildman–Crippen LogP) is 4.45. The highest BCUT2D eigenvalue weighted by Gasteiger charge is 2.19. The Labute approximate surface area is 146 Å². The number of rotatable bonds is 3. The fourth-order valence-electron chi connectivity index (χ4n) is 2.90. The second kappa shape index (κ2) is 6.53.